The molecule has 4 heteroatoms. The number of hydrogen-bond donors (Lipinski definition) is 1. The van der Waals surface area contributed by atoms with E-state index in [-0.39, 0.29) is 0 Å². The highest BCUT2D eigenvalue weighted by molar-refractivity contribution is 9.10. The van der Waals surface area contributed by atoms with Gasteiger partial charge in [-0.3, -0.25) is 0 Å². The fraction of sp³-hybridized carbons (Fsp3) is 0.357. The number of nitrogens with two attached hydrogens (primary N) is 1. The number of hydrogen-bond acceptors (Lipinski definition) is 2. The van der Waals surface area contributed by atoms with Crippen molar-refractivity contribution < 1.29 is 0 Å². The van der Waals surface area contributed by atoms with Gasteiger partial charge in [0.2, 0.25) is 0 Å². The molecule has 18 heavy (non-hydrogen) atoms. The molecule has 1 aromatic heterocycles. The van der Waals surface area contributed by atoms with Crippen molar-refractivity contribution in [1.82, 2.24) is 9.78 Å². The zero-order valence-electron chi connectivity index (χ0n) is 10.4. The first-order chi connectivity index (χ1) is 8.66. The fourth-order valence-electron chi connectivity index (χ4n) is 2.55. The largest absolute Gasteiger partial charge is 0.382 e. The van der Waals surface area contributed by atoms with Gasteiger partial charge in [0.1, 0.15) is 5.82 Å². The minimum absolute atomic E-state index is 0.696. The fourth-order valence-corrected chi connectivity index (χ4v) is 2.92. The number of aromatic nitrogens is 2. The number of anilines is 1. The van der Waals surface area contributed by atoms with Crippen LogP contribution in [0, 0.1) is 6.92 Å². The molecule has 0 radical (unpaired) electrons. The molecular formula is C14H16BrN3. The Morgan fingerprint density at radius 1 is 1.28 bits per heavy atom. The maximum atomic E-state index is 6.02. The van der Waals surface area contributed by atoms with Crippen molar-refractivity contribution in [2.75, 3.05) is 5.73 Å². The van der Waals surface area contributed by atoms with Crippen molar-refractivity contribution in [2.24, 2.45) is 0 Å². The van der Waals surface area contributed by atoms with Crippen molar-refractivity contribution in [3.8, 4) is 5.69 Å². The van der Waals surface area contributed by atoms with Gasteiger partial charge in [-0.15, -0.1) is 0 Å². The van der Waals surface area contributed by atoms with E-state index >= 15 is 0 Å². The molecule has 1 aromatic carbocycles. The standard InChI is InChI=1S/C14H16BrN3/c1-9-6-7-10(8-12(9)15)18-13-5-3-2-4-11(13)14(16)17-18/h6-8H,2-5H2,1H3,(H2,16,17). The van der Waals surface area contributed by atoms with E-state index in [1.54, 1.807) is 0 Å². The minimum atomic E-state index is 0.696. The number of halogens is 1. The summed E-state index contributed by atoms with van der Waals surface area (Å²) in [5.41, 5.74) is 10.9. The van der Waals surface area contributed by atoms with Gasteiger partial charge in [-0.2, -0.15) is 5.10 Å². The second-order valence-corrected chi connectivity index (χ2v) is 5.72. The van der Waals surface area contributed by atoms with Crippen LogP contribution in [0.25, 0.3) is 5.69 Å². The van der Waals surface area contributed by atoms with Crippen LogP contribution < -0.4 is 5.73 Å². The molecule has 0 fully saturated rings. The number of benzene rings is 1. The summed E-state index contributed by atoms with van der Waals surface area (Å²) in [6.45, 7) is 2.08. The highest BCUT2D eigenvalue weighted by Gasteiger charge is 2.20. The number of nitrogen functional groups attached to an aromatic ring is 1. The van der Waals surface area contributed by atoms with Crippen LogP contribution in [-0.4, -0.2) is 9.78 Å². The molecule has 3 nitrogen and oxygen atoms in total. The zero-order chi connectivity index (χ0) is 12.7. The molecule has 1 aliphatic carbocycles. The third-order valence-corrected chi connectivity index (χ3v) is 4.47. The minimum Gasteiger partial charge on any atom is -0.382 e. The number of fused-ring (bicyclic) bond motifs is 1. The average molecular weight is 306 g/mol. The lowest BCUT2D eigenvalue weighted by Gasteiger charge is -2.14. The Kier molecular flexibility index (Phi) is 2.90. The summed E-state index contributed by atoms with van der Waals surface area (Å²) in [6.07, 6.45) is 4.59. The normalized spacial score (nSPS) is 14.6. The molecule has 0 saturated heterocycles. The summed E-state index contributed by atoms with van der Waals surface area (Å²) in [5.74, 6) is 0.696. The smallest absolute Gasteiger partial charge is 0.149 e. The van der Waals surface area contributed by atoms with Crippen LogP contribution in [0.2, 0.25) is 0 Å². The van der Waals surface area contributed by atoms with Crippen LogP contribution in [0.4, 0.5) is 5.82 Å². The summed E-state index contributed by atoms with van der Waals surface area (Å²) in [5, 5.41) is 4.51. The molecule has 1 heterocycles. The van der Waals surface area contributed by atoms with Gasteiger partial charge >= 0.3 is 0 Å². The van der Waals surface area contributed by atoms with Crippen LogP contribution in [0.15, 0.2) is 22.7 Å². The van der Waals surface area contributed by atoms with E-state index in [4.69, 9.17) is 5.73 Å². The summed E-state index contributed by atoms with van der Waals surface area (Å²) in [7, 11) is 0. The van der Waals surface area contributed by atoms with E-state index in [1.165, 1.54) is 29.7 Å². The SMILES string of the molecule is Cc1ccc(-n2nc(N)c3c2CCCC3)cc1Br. The van der Waals surface area contributed by atoms with Gasteiger partial charge < -0.3 is 5.73 Å². The van der Waals surface area contributed by atoms with Gasteiger partial charge in [0.05, 0.1) is 5.69 Å². The lowest BCUT2D eigenvalue weighted by Crippen LogP contribution is -2.07. The zero-order valence-corrected chi connectivity index (χ0v) is 12.0. The highest BCUT2D eigenvalue weighted by atomic mass is 79.9. The van der Waals surface area contributed by atoms with Gasteiger partial charge in [0.15, 0.2) is 0 Å². The van der Waals surface area contributed by atoms with E-state index in [0.29, 0.717) is 5.82 Å². The first-order valence-corrected chi connectivity index (χ1v) is 7.09. The molecule has 2 N–H and O–H groups in total. The molecule has 0 atom stereocenters. The van der Waals surface area contributed by atoms with Crippen molar-refractivity contribution in [1.29, 1.82) is 0 Å². The van der Waals surface area contributed by atoms with Crippen LogP contribution in [0.1, 0.15) is 29.7 Å². The molecule has 1 aliphatic rings. The Morgan fingerprint density at radius 2 is 2.06 bits per heavy atom. The Morgan fingerprint density at radius 3 is 2.83 bits per heavy atom. The Balaban J connectivity index is 2.14. The van der Waals surface area contributed by atoms with Gasteiger partial charge in [0.25, 0.3) is 0 Å². The molecule has 0 spiro atoms. The number of aryl methyl sites for hydroxylation is 1. The van der Waals surface area contributed by atoms with Gasteiger partial charge in [-0.1, -0.05) is 22.0 Å². The molecule has 0 unspecified atom stereocenters. The second-order valence-electron chi connectivity index (χ2n) is 4.86. The van der Waals surface area contributed by atoms with E-state index in [2.05, 4.69) is 46.2 Å². The Labute approximate surface area is 115 Å². The van der Waals surface area contributed by atoms with Crippen molar-refractivity contribution >= 4 is 21.7 Å². The topological polar surface area (TPSA) is 43.8 Å². The van der Waals surface area contributed by atoms with E-state index in [9.17, 15) is 0 Å². The average Bonchev–Trinajstić information content (AvgIpc) is 2.71. The molecule has 0 amide bonds. The lowest BCUT2D eigenvalue weighted by molar-refractivity contribution is 0.653. The highest BCUT2D eigenvalue weighted by Crippen LogP contribution is 2.29. The number of rotatable bonds is 1. The molecule has 0 saturated carbocycles. The molecule has 3 rings (SSSR count). The van der Waals surface area contributed by atoms with Crippen LogP contribution >= 0.6 is 15.9 Å². The predicted octanol–water partition coefficient (Wildman–Crippen LogP) is 3.40. The molecule has 2 aromatic rings. The monoisotopic (exact) mass is 305 g/mol. The summed E-state index contributed by atoms with van der Waals surface area (Å²) >= 11 is 3.57. The second kappa shape index (κ2) is 4.43. The van der Waals surface area contributed by atoms with Crippen molar-refractivity contribution in [2.45, 2.75) is 32.6 Å². The van der Waals surface area contributed by atoms with Crippen molar-refractivity contribution in [3.05, 3.63) is 39.5 Å². The van der Waals surface area contributed by atoms with Crippen LogP contribution in [-0.2, 0) is 12.8 Å². The van der Waals surface area contributed by atoms with Gasteiger partial charge in [-0.05, 0) is 50.3 Å². The van der Waals surface area contributed by atoms with E-state index in [0.717, 1.165) is 23.0 Å². The Hall–Kier alpha value is -1.29. The molecular weight excluding hydrogens is 290 g/mol. The third-order valence-electron chi connectivity index (χ3n) is 3.61. The summed E-state index contributed by atoms with van der Waals surface area (Å²) < 4.78 is 3.12. The molecule has 0 bridgehead atoms. The number of nitrogens with zero attached hydrogens (tertiary/aromatic N) is 2. The summed E-state index contributed by atoms with van der Waals surface area (Å²) in [6, 6.07) is 6.31. The first kappa shape index (κ1) is 11.8. The summed E-state index contributed by atoms with van der Waals surface area (Å²) in [4.78, 5) is 0. The molecule has 94 valence electrons. The van der Waals surface area contributed by atoms with E-state index < -0.39 is 0 Å². The Bertz CT molecular complexity index is 601. The van der Waals surface area contributed by atoms with Gasteiger partial charge in [0, 0.05) is 15.7 Å². The predicted molar refractivity (Wildman–Crippen MR) is 77.1 cm³/mol. The maximum Gasteiger partial charge on any atom is 0.149 e. The lowest BCUT2D eigenvalue weighted by atomic mass is 9.97. The third kappa shape index (κ3) is 1.85. The van der Waals surface area contributed by atoms with Gasteiger partial charge in [-0.25, -0.2) is 4.68 Å². The van der Waals surface area contributed by atoms with E-state index in [1.807, 2.05) is 4.68 Å². The van der Waals surface area contributed by atoms with Crippen molar-refractivity contribution in [3.63, 3.8) is 0 Å². The van der Waals surface area contributed by atoms with Crippen LogP contribution in [0.5, 0.6) is 0 Å². The first-order valence-electron chi connectivity index (χ1n) is 6.29. The molecule has 0 aliphatic heterocycles. The van der Waals surface area contributed by atoms with Crippen LogP contribution in [0.3, 0.4) is 0 Å². The quantitative estimate of drug-likeness (QED) is 0.877. The maximum absolute atomic E-state index is 6.02.